The van der Waals surface area contributed by atoms with Gasteiger partial charge in [-0.05, 0) is 19.1 Å². The minimum absolute atomic E-state index is 0.272. The molecule has 0 aliphatic rings. The molecule has 0 radical (unpaired) electrons. The van der Waals surface area contributed by atoms with Crippen molar-refractivity contribution in [1.29, 1.82) is 0 Å². The van der Waals surface area contributed by atoms with Crippen molar-refractivity contribution in [2.75, 3.05) is 6.61 Å². The second-order valence-corrected chi connectivity index (χ2v) is 3.39. The highest BCUT2D eigenvalue weighted by molar-refractivity contribution is 5.81. The van der Waals surface area contributed by atoms with Gasteiger partial charge < -0.3 is 15.5 Å². The summed E-state index contributed by atoms with van der Waals surface area (Å²) in [5.41, 5.74) is 7.26. The maximum absolute atomic E-state index is 11.5. The van der Waals surface area contributed by atoms with Crippen LogP contribution in [0.15, 0.2) is 22.8 Å². The van der Waals surface area contributed by atoms with Crippen LogP contribution in [0, 0.1) is 0 Å². The van der Waals surface area contributed by atoms with Crippen molar-refractivity contribution in [3.63, 3.8) is 0 Å². The molecule has 0 bridgehead atoms. The van der Waals surface area contributed by atoms with Crippen LogP contribution in [0.1, 0.15) is 12.7 Å². The first-order valence-corrected chi connectivity index (χ1v) is 5.05. The van der Waals surface area contributed by atoms with E-state index < -0.39 is 11.9 Å². The van der Waals surface area contributed by atoms with E-state index in [0.717, 1.165) is 0 Å². The van der Waals surface area contributed by atoms with Gasteiger partial charge in [-0.1, -0.05) is 0 Å². The zero-order chi connectivity index (χ0) is 12.7. The van der Waals surface area contributed by atoms with Gasteiger partial charge in [-0.3, -0.25) is 14.4 Å². The number of hydrogen-bond acceptors (Lipinski definition) is 5. The van der Waals surface area contributed by atoms with Gasteiger partial charge in [-0.2, -0.15) is 5.48 Å². The smallest absolute Gasteiger partial charge is 0.245 e. The lowest BCUT2D eigenvalue weighted by molar-refractivity contribution is -0.132. The van der Waals surface area contributed by atoms with Gasteiger partial charge in [-0.25, -0.2) is 0 Å². The predicted molar refractivity (Wildman–Crippen MR) is 58.3 cm³/mol. The number of furan rings is 1. The highest BCUT2D eigenvalue weighted by Crippen LogP contribution is 1.98. The van der Waals surface area contributed by atoms with Crippen LogP contribution < -0.4 is 16.5 Å². The molecule has 0 spiro atoms. The summed E-state index contributed by atoms with van der Waals surface area (Å²) >= 11 is 0. The zero-order valence-corrected chi connectivity index (χ0v) is 9.43. The molecule has 0 aromatic carbocycles. The molecular formula is C10H15N3O4. The number of hydrogen-bond donors (Lipinski definition) is 3. The second-order valence-electron chi connectivity index (χ2n) is 3.39. The van der Waals surface area contributed by atoms with Crippen molar-refractivity contribution in [1.82, 2.24) is 10.8 Å². The molecule has 17 heavy (non-hydrogen) atoms. The van der Waals surface area contributed by atoms with Crippen molar-refractivity contribution >= 4 is 11.8 Å². The third-order valence-corrected chi connectivity index (χ3v) is 1.88. The first-order chi connectivity index (χ1) is 8.09. The van der Waals surface area contributed by atoms with Gasteiger partial charge in [0.2, 0.25) is 11.8 Å². The number of nitrogens with one attached hydrogen (secondary N) is 2. The summed E-state index contributed by atoms with van der Waals surface area (Å²) in [7, 11) is 0. The van der Waals surface area contributed by atoms with Crippen LogP contribution in [0.5, 0.6) is 0 Å². The fraction of sp³-hybridized carbons (Fsp3) is 0.400. The maximum Gasteiger partial charge on any atom is 0.245 e. The molecule has 1 atom stereocenters. The molecule has 0 fully saturated rings. The molecule has 0 aliphatic carbocycles. The van der Waals surface area contributed by atoms with Crippen LogP contribution in [0.3, 0.4) is 0 Å². The van der Waals surface area contributed by atoms with Crippen molar-refractivity contribution in [3.8, 4) is 0 Å². The lowest BCUT2D eigenvalue weighted by Crippen LogP contribution is -2.42. The van der Waals surface area contributed by atoms with Crippen LogP contribution in [-0.4, -0.2) is 24.5 Å². The number of carbonyl (C=O) groups excluding carboxylic acids is 2. The van der Waals surface area contributed by atoms with Crippen molar-refractivity contribution in [2.24, 2.45) is 5.73 Å². The second kappa shape index (κ2) is 6.66. The number of primary amides is 1. The molecule has 2 amide bonds. The minimum Gasteiger partial charge on any atom is -0.467 e. The Labute approximate surface area is 98.2 Å². The van der Waals surface area contributed by atoms with E-state index in [9.17, 15) is 9.59 Å². The van der Waals surface area contributed by atoms with E-state index in [2.05, 4.69) is 10.8 Å². The molecule has 1 unspecified atom stereocenters. The fourth-order valence-corrected chi connectivity index (χ4v) is 1.03. The molecule has 7 heteroatoms. The van der Waals surface area contributed by atoms with E-state index in [-0.39, 0.29) is 12.5 Å². The Kier molecular flexibility index (Phi) is 5.18. The molecule has 94 valence electrons. The summed E-state index contributed by atoms with van der Waals surface area (Å²) < 4.78 is 5.05. The summed E-state index contributed by atoms with van der Waals surface area (Å²) in [5.74, 6) is -0.227. The first kappa shape index (κ1) is 13.2. The van der Waals surface area contributed by atoms with E-state index >= 15 is 0 Å². The Balaban J connectivity index is 2.20. The van der Waals surface area contributed by atoms with Crippen molar-refractivity contribution < 1.29 is 18.8 Å². The van der Waals surface area contributed by atoms with Crippen LogP contribution in [0.25, 0.3) is 0 Å². The quantitative estimate of drug-likeness (QED) is 0.547. The van der Waals surface area contributed by atoms with Gasteiger partial charge in [0.1, 0.15) is 18.4 Å². The van der Waals surface area contributed by atoms with Crippen LogP contribution in [-0.2, 0) is 21.0 Å². The molecule has 1 heterocycles. The Morgan fingerprint density at radius 2 is 2.35 bits per heavy atom. The van der Waals surface area contributed by atoms with Crippen molar-refractivity contribution in [2.45, 2.75) is 19.5 Å². The lowest BCUT2D eigenvalue weighted by atomic mass is 10.3. The average molecular weight is 241 g/mol. The molecule has 0 saturated carbocycles. The van der Waals surface area contributed by atoms with E-state index in [1.807, 2.05) is 0 Å². The Morgan fingerprint density at radius 1 is 1.59 bits per heavy atom. The first-order valence-electron chi connectivity index (χ1n) is 5.05. The molecule has 7 nitrogen and oxygen atoms in total. The molecule has 1 aromatic rings. The van der Waals surface area contributed by atoms with Crippen molar-refractivity contribution in [3.05, 3.63) is 24.2 Å². The van der Waals surface area contributed by atoms with Gasteiger partial charge in [0.25, 0.3) is 0 Å². The van der Waals surface area contributed by atoms with E-state index in [1.165, 1.54) is 6.26 Å². The number of nitrogens with two attached hydrogens (primary N) is 1. The van der Waals surface area contributed by atoms with Gasteiger partial charge >= 0.3 is 0 Å². The van der Waals surface area contributed by atoms with Crippen LogP contribution in [0.4, 0.5) is 0 Å². The normalized spacial score (nSPS) is 12.1. The van der Waals surface area contributed by atoms with Crippen LogP contribution in [0.2, 0.25) is 0 Å². The largest absolute Gasteiger partial charge is 0.467 e. The summed E-state index contributed by atoms with van der Waals surface area (Å²) in [6, 6.07) is 2.89. The van der Waals surface area contributed by atoms with Gasteiger partial charge in [0.15, 0.2) is 0 Å². The predicted octanol–water partition coefficient (Wildman–Crippen LogP) is -0.709. The van der Waals surface area contributed by atoms with Crippen LogP contribution >= 0.6 is 0 Å². The van der Waals surface area contributed by atoms with E-state index in [4.69, 9.17) is 15.0 Å². The SMILES string of the molecule is CC(NOCC(N)=O)C(=O)NCc1ccco1. The molecule has 0 aliphatic heterocycles. The zero-order valence-electron chi connectivity index (χ0n) is 9.43. The third-order valence-electron chi connectivity index (χ3n) is 1.88. The summed E-state index contributed by atoms with van der Waals surface area (Å²) in [4.78, 5) is 26.6. The average Bonchev–Trinajstić information content (AvgIpc) is 2.78. The minimum atomic E-state index is -0.610. The van der Waals surface area contributed by atoms with E-state index in [0.29, 0.717) is 12.3 Å². The van der Waals surface area contributed by atoms with Gasteiger partial charge in [-0.15, -0.1) is 0 Å². The molecule has 1 aromatic heterocycles. The molecule has 1 rings (SSSR count). The standard InChI is InChI=1S/C10H15N3O4/c1-7(13-17-6-9(11)14)10(15)12-5-8-3-2-4-16-8/h2-4,7,13H,5-6H2,1H3,(H2,11,14)(H,12,15). The Bertz CT molecular complexity index is 364. The third kappa shape index (κ3) is 5.14. The summed E-state index contributed by atoms with van der Waals surface area (Å²) in [6.07, 6.45) is 1.53. The number of hydroxylamine groups is 1. The molecule has 4 N–H and O–H groups in total. The number of rotatable bonds is 7. The number of amides is 2. The van der Waals surface area contributed by atoms with Gasteiger partial charge in [0, 0.05) is 0 Å². The maximum atomic E-state index is 11.5. The molecular weight excluding hydrogens is 226 g/mol. The topological polar surface area (TPSA) is 107 Å². The monoisotopic (exact) mass is 241 g/mol. The van der Waals surface area contributed by atoms with E-state index in [1.54, 1.807) is 19.1 Å². The lowest BCUT2D eigenvalue weighted by Gasteiger charge is -2.12. The highest BCUT2D eigenvalue weighted by Gasteiger charge is 2.12. The highest BCUT2D eigenvalue weighted by atomic mass is 16.6. The number of carbonyl (C=O) groups is 2. The summed E-state index contributed by atoms with van der Waals surface area (Å²) in [6.45, 7) is 1.61. The molecule has 0 saturated heterocycles. The summed E-state index contributed by atoms with van der Waals surface area (Å²) in [5, 5.41) is 2.63. The Morgan fingerprint density at radius 3 is 2.94 bits per heavy atom. The Hall–Kier alpha value is -1.86. The fourth-order valence-electron chi connectivity index (χ4n) is 1.03. The van der Waals surface area contributed by atoms with Gasteiger partial charge in [0.05, 0.1) is 12.8 Å².